The maximum Gasteiger partial charge on any atom is 0.191 e. The van der Waals surface area contributed by atoms with Gasteiger partial charge in [-0.1, -0.05) is 31.2 Å². The number of rotatable bonds is 4. The summed E-state index contributed by atoms with van der Waals surface area (Å²) in [4.78, 5) is 12.0. The average molecular weight is 253 g/mol. The fraction of sp³-hybridized carbons (Fsp3) is 0.125. The standard InChI is InChI=1S/C16H16N2O/c1-2-13-3-5-14(6-4-13)16(19)9-12-18-10-7-15(17)8-11-18/h3-12,17H,2H2,1H3/p+1. The van der Waals surface area contributed by atoms with Gasteiger partial charge in [-0.15, -0.1) is 0 Å². The minimum Gasteiger partial charge on any atom is -0.398 e. The molecule has 0 unspecified atom stereocenters. The Morgan fingerprint density at radius 3 is 2.37 bits per heavy atom. The second kappa shape index (κ2) is 5.96. The van der Waals surface area contributed by atoms with Gasteiger partial charge in [0.1, 0.15) is 0 Å². The van der Waals surface area contributed by atoms with Gasteiger partial charge in [0.15, 0.2) is 24.4 Å². The maximum absolute atomic E-state index is 12.0. The van der Waals surface area contributed by atoms with Gasteiger partial charge in [0, 0.05) is 23.4 Å². The van der Waals surface area contributed by atoms with Gasteiger partial charge in [0.25, 0.3) is 0 Å². The summed E-state index contributed by atoms with van der Waals surface area (Å²) in [5.41, 5.74) is 8.23. The molecular formula is C16H17N2O+. The normalized spacial score (nSPS) is 10.8. The number of carbonyl (C=O) groups is 1. The largest absolute Gasteiger partial charge is 0.398 e. The molecule has 0 spiro atoms. The first kappa shape index (κ1) is 13.0. The molecule has 0 bridgehead atoms. The van der Waals surface area contributed by atoms with Gasteiger partial charge in [0.2, 0.25) is 0 Å². The summed E-state index contributed by atoms with van der Waals surface area (Å²) in [5, 5.41) is 0. The summed E-state index contributed by atoms with van der Waals surface area (Å²) in [5.74, 6) is -0.00743. The highest BCUT2D eigenvalue weighted by atomic mass is 16.1. The molecule has 2 N–H and O–H groups in total. The van der Waals surface area contributed by atoms with Crippen molar-refractivity contribution in [1.82, 2.24) is 0 Å². The van der Waals surface area contributed by atoms with Crippen LogP contribution in [0.25, 0.3) is 6.20 Å². The number of nitrogens with two attached hydrogens (primary N) is 1. The zero-order valence-electron chi connectivity index (χ0n) is 10.9. The van der Waals surface area contributed by atoms with Gasteiger partial charge < -0.3 is 5.73 Å². The van der Waals surface area contributed by atoms with Crippen molar-refractivity contribution in [2.45, 2.75) is 13.3 Å². The van der Waals surface area contributed by atoms with Gasteiger partial charge in [-0.3, -0.25) is 4.79 Å². The highest BCUT2D eigenvalue weighted by Gasteiger charge is 2.03. The third kappa shape index (κ3) is 3.52. The number of nitrogen functional groups attached to an aromatic ring is 1. The molecule has 3 heteroatoms. The summed E-state index contributed by atoms with van der Waals surface area (Å²) in [6.45, 7) is 2.09. The van der Waals surface area contributed by atoms with Crippen LogP contribution in [-0.4, -0.2) is 5.78 Å². The summed E-state index contributed by atoms with van der Waals surface area (Å²) in [6, 6.07) is 11.3. The number of anilines is 1. The molecule has 0 fully saturated rings. The molecule has 96 valence electrons. The van der Waals surface area contributed by atoms with Crippen LogP contribution in [0.4, 0.5) is 5.69 Å². The number of allylic oxidation sites excluding steroid dienone is 1. The number of hydrogen-bond donors (Lipinski definition) is 1. The lowest BCUT2D eigenvalue weighted by Gasteiger charge is -1.98. The van der Waals surface area contributed by atoms with E-state index in [0.717, 1.165) is 6.42 Å². The number of nitrogens with zero attached hydrogens (tertiary/aromatic N) is 1. The number of carbonyl (C=O) groups excluding carboxylic acids is 1. The number of aromatic nitrogens is 1. The highest BCUT2D eigenvalue weighted by molar-refractivity contribution is 6.05. The molecule has 19 heavy (non-hydrogen) atoms. The Morgan fingerprint density at radius 1 is 1.16 bits per heavy atom. The SMILES string of the molecule is CCc1ccc(C(=O)C=C[n+]2ccc(N)cc2)cc1. The average Bonchev–Trinajstić information content (AvgIpc) is 2.46. The van der Waals surface area contributed by atoms with Crippen LogP contribution in [0.1, 0.15) is 22.8 Å². The summed E-state index contributed by atoms with van der Waals surface area (Å²) >= 11 is 0. The summed E-state index contributed by atoms with van der Waals surface area (Å²) in [7, 11) is 0. The zero-order chi connectivity index (χ0) is 13.7. The van der Waals surface area contributed by atoms with Crippen molar-refractivity contribution in [3.8, 4) is 0 Å². The van der Waals surface area contributed by atoms with Gasteiger partial charge in [-0.25, -0.2) is 0 Å². The molecule has 0 radical (unpaired) electrons. The first-order valence-electron chi connectivity index (χ1n) is 6.27. The number of benzene rings is 1. The van der Waals surface area contributed by atoms with E-state index in [1.54, 1.807) is 41.4 Å². The smallest absolute Gasteiger partial charge is 0.191 e. The molecule has 0 aliphatic heterocycles. The van der Waals surface area contributed by atoms with Gasteiger partial charge >= 0.3 is 0 Å². The van der Waals surface area contributed by atoms with Crippen LogP contribution < -0.4 is 10.3 Å². The van der Waals surface area contributed by atoms with Crippen LogP contribution >= 0.6 is 0 Å². The Morgan fingerprint density at radius 2 is 1.79 bits per heavy atom. The lowest BCUT2D eigenvalue weighted by atomic mass is 10.1. The molecule has 0 saturated heterocycles. The predicted molar refractivity (Wildman–Crippen MR) is 76.5 cm³/mol. The van der Waals surface area contributed by atoms with Crippen LogP contribution in [0.3, 0.4) is 0 Å². The first-order chi connectivity index (χ1) is 9.19. The van der Waals surface area contributed by atoms with Crippen molar-refractivity contribution in [2.24, 2.45) is 0 Å². The van der Waals surface area contributed by atoms with Gasteiger partial charge in [0.05, 0.1) is 6.08 Å². The summed E-state index contributed by atoms with van der Waals surface area (Å²) in [6.07, 6.45) is 7.86. The Bertz CT molecular complexity index is 583. The third-order valence-electron chi connectivity index (χ3n) is 2.92. The second-order valence-corrected chi connectivity index (χ2v) is 4.31. The minimum atomic E-state index is -0.00743. The van der Waals surface area contributed by atoms with E-state index >= 15 is 0 Å². The number of hydrogen-bond acceptors (Lipinski definition) is 2. The fourth-order valence-electron chi connectivity index (χ4n) is 1.70. The van der Waals surface area contributed by atoms with E-state index in [1.807, 2.05) is 24.3 Å². The van der Waals surface area contributed by atoms with Gasteiger partial charge in [-0.2, -0.15) is 4.57 Å². The molecule has 2 rings (SSSR count). The Kier molecular flexibility index (Phi) is 4.08. The molecule has 0 atom stereocenters. The van der Waals surface area contributed by atoms with Gasteiger partial charge in [-0.05, 0) is 12.0 Å². The van der Waals surface area contributed by atoms with Crippen LogP contribution in [-0.2, 0) is 6.42 Å². The lowest BCUT2D eigenvalue weighted by Crippen LogP contribution is -2.24. The Balaban J connectivity index is 2.09. The number of ketones is 1. The number of aryl methyl sites for hydroxylation is 1. The van der Waals surface area contributed by atoms with Crippen LogP contribution in [0.2, 0.25) is 0 Å². The molecular weight excluding hydrogens is 236 g/mol. The van der Waals surface area contributed by atoms with Crippen molar-refractivity contribution in [3.05, 3.63) is 66.0 Å². The van der Waals surface area contributed by atoms with Crippen molar-refractivity contribution in [2.75, 3.05) is 5.73 Å². The van der Waals surface area contributed by atoms with Crippen molar-refractivity contribution in [3.63, 3.8) is 0 Å². The van der Waals surface area contributed by atoms with Crippen LogP contribution in [0.15, 0.2) is 54.9 Å². The quantitative estimate of drug-likeness (QED) is 0.517. The number of pyridine rings is 1. The third-order valence-corrected chi connectivity index (χ3v) is 2.92. The Hall–Kier alpha value is -2.42. The topological polar surface area (TPSA) is 47.0 Å². The second-order valence-electron chi connectivity index (χ2n) is 4.31. The molecule has 0 saturated carbocycles. The molecule has 1 heterocycles. The molecule has 0 aliphatic carbocycles. The van der Waals surface area contributed by atoms with E-state index in [-0.39, 0.29) is 5.78 Å². The first-order valence-corrected chi connectivity index (χ1v) is 6.27. The molecule has 3 nitrogen and oxygen atoms in total. The van der Waals surface area contributed by atoms with E-state index < -0.39 is 0 Å². The van der Waals surface area contributed by atoms with Crippen LogP contribution in [0.5, 0.6) is 0 Å². The van der Waals surface area contributed by atoms with Crippen molar-refractivity contribution < 1.29 is 9.36 Å². The van der Waals surface area contributed by atoms with E-state index in [4.69, 9.17) is 5.73 Å². The van der Waals surface area contributed by atoms with Crippen molar-refractivity contribution in [1.29, 1.82) is 0 Å². The van der Waals surface area contributed by atoms with E-state index in [2.05, 4.69) is 6.92 Å². The molecule has 0 aliphatic rings. The molecule has 1 aromatic heterocycles. The monoisotopic (exact) mass is 253 g/mol. The van der Waals surface area contributed by atoms with Crippen molar-refractivity contribution >= 4 is 17.7 Å². The molecule has 2 aromatic rings. The summed E-state index contributed by atoms with van der Waals surface area (Å²) < 4.78 is 1.79. The molecule has 0 amide bonds. The minimum absolute atomic E-state index is 0.00743. The van der Waals surface area contributed by atoms with E-state index in [1.165, 1.54) is 5.56 Å². The maximum atomic E-state index is 12.0. The fourth-order valence-corrected chi connectivity index (χ4v) is 1.70. The Labute approximate surface area is 113 Å². The van der Waals surface area contributed by atoms with Crippen LogP contribution in [0, 0.1) is 0 Å². The van der Waals surface area contributed by atoms with E-state index in [9.17, 15) is 4.79 Å². The predicted octanol–water partition coefficient (Wildman–Crippen LogP) is 2.47. The molecule has 1 aromatic carbocycles. The zero-order valence-corrected chi connectivity index (χ0v) is 10.9. The highest BCUT2D eigenvalue weighted by Crippen LogP contribution is 2.06. The van der Waals surface area contributed by atoms with E-state index in [0.29, 0.717) is 11.3 Å². The lowest BCUT2D eigenvalue weighted by molar-refractivity contribution is -0.568.